The molecule has 1 heterocycles. The molecule has 0 aliphatic carbocycles. The molecule has 0 radical (unpaired) electrons. The highest BCUT2D eigenvalue weighted by molar-refractivity contribution is 4.74. The van der Waals surface area contributed by atoms with Crippen molar-refractivity contribution in [2.75, 3.05) is 39.9 Å². The fourth-order valence-corrected chi connectivity index (χ4v) is 1.97. The Balaban J connectivity index is 1.95. The zero-order chi connectivity index (χ0) is 10.2. The van der Waals surface area contributed by atoms with Crippen molar-refractivity contribution in [3.05, 3.63) is 0 Å². The van der Waals surface area contributed by atoms with Gasteiger partial charge in [0.15, 0.2) is 0 Å². The molecule has 1 saturated heterocycles. The summed E-state index contributed by atoms with van der Waals surface area (Å²) in [4.78, 5) is 2.56. The van der Waals surface area contributed by atoms with E-state index in [0.717, 1.165) is 13.2 Å². The molecule has 0 aromatic carbocycles. The maximum atomic E-state index is 5.03. The zero-order valence-electron chi connectivity index (χ0n) is 9.59. The Bertz CT molecular complexity index is 141. The molecule has 1 atom stereocenters. The van der Waals surface area contributed by atoms with E-state index >= 15 is 0 Å². The molecule has 0 spiro atoms. The van der Waals surface area contributed by atoms with E-state index in [1.807, 2.05) is 0 Å². The lowest BCUT2D eigenvalue weighted by Crippen LogP contribution is -2.49. The second-order valence-corrected chi connectivity index (χ2v) is 4.21. The first-order chi connectivity index (χ1) is 6.83. The van der Waals surface area contributed by atoms with Crippen molar-refractivity contribution < 1.29 is 4.74 Å². The quantitative estimate of drug-likeness (QED) is 0.650. The second kappa shape index (κ2) is 7.21. The summed E-state index contributed by atoms with van der Waals surface area (Å²) in [6.45, 7) is 8.02. The van der Waals surface area contributed by atoms with Gasteiger partial charge in [-0.05, 0) is 32.7 Å². The van der Waals surface area contributed by atoms with Crippen LogP contribution in [0.4, 0.5) is 0 Å². The fraction of sp³-hybridized carbons (Fsp3) is 1.00. The largest absolute Gasteiger partial charge is 0.385 e. The van der Waals surface area contributed by atoms with Gasteiger partial charge in [-0.2, -0.15) is 0 Å². The van der Waals surface area contributed by atoms with E-state index in [0.29, 0.717) is 6.04 Å². The number of methoxy groups -OCH3 is 1. The number of nitrogens with zero attached hydrogens (tertiary/aromatic N) is 1. The van der Waals surface area contributed by atoms with Gasteiger partial charge in [0.2, 0.25) is 0 Å². The lowest BCUT2D eigenvalue weighted by atomic mass is 10.2. The Labute approximate surface area is 87.8 Å². The molecule has 1 unspecified atom stereocenters. The third kappa shape index (κ3) is 4.94. The van der Waals surface area contributed by atoms with Gasteiger partial charge >= 0.3 is 0 Å². The van der Waals surface area contributed by atoms with Crippen molar-refractivity contribution in [1.29, 1.82) is 0 Å². The Morgan fingerprint density at radius 2 is 2.21 bits per heavy atom. The van der Waals surface area contributed by atoms with Crippen LogP contribution in [0.5, 0.6) is 0 Å². The van der Waals surface area contributed by atoms with E-state index < -0.39 is 0 Å². The zero-order valence-corrected chi connectivity index (χ0v) is 9.59. The van der Waals surface area contributed by atoms with Crippen molar-refractivity contribution >= 4 is 0 Å². The van der Waals surface area contributed by atoms with E-state index in [1.165, 1.54) is 38.9 Å². The summed E-state index contributed by atoms with van der Waals surface area (Å²) in [5.41, 5.74) is 0. The maximum absolute atomic E-state index is 5.03. The molecular weight excluding hydrogens is 176 g/mol. The van der Waals surface area contributed by atoms with Crippen molar-refractivity contribution in [2.45, 2.75) is 32.2 Å². The number of piperazine rings is 1. The maximum Gasteiger partial charge on any atom is 0.0462 e. The Kier molecular flexibility index (Phi) is 6.15. The van der Waals surface area contributed by atoms with Crippen molar-refractivity contribution in [3.63, 3.8) is 0 Å². The number of nitrogens with one attached hydrogen (secondary N) is 1. The highest BCUT2D eigenvalue weighted by atomic mass is 16.5. The summed E-state index contributed by atoms with van der Waals surface area (Å²) in [6, 6.07) is 0.669. The van der Waals surface area contributed by atoms with Crippen LogP contribution >= 0.6 is 0 Å². The molecule has 0 aromatic heterocycles. The SMILES string of the molecule is COCCCCCN1CCNC(C)C1. The minimum absolute atomic E-state index is 0.669. The van der Waals surface area contributed by atoms with Gasteiger partial charge in [0, 0.05) is 39.4 Å². The number of hydrogen-bond acceptors (Lipinski definition) is 3. The smallest absolute Gasteiger partial charge is 0.0462 e. The topological polar surface area (TPSA) is 24.5 Å². The van der Waals surface area contributed by atoms with Crippen molar-refractivity contribution in [1.82, 2.24) is 10.2 Å². The highest BCUT2D eigenvalue weighted by Gasteiger charge is 2.14. The molecule has 3 heteroatoms. The number of ether oxygens (including phenoxy) is 1. The van der Waals surface area contributed by atoms with Gasteiger partial charge in [-0.1, -0.05) is 0 Å². The molecule has 0 aromatic rings. The first-order valence-electron chi connectivity index (χ1n) is 5.77. The first kappa shape index (κ1) is 12.0. The molecule has 3 nitrogen and oxygen atoms in total. The summed E-state index contributed by atoms with van der Waals surface area (Å²) in [7, 11) is 1.78. The minimum atomic E-state index is 0.669. The summed E-state index contributed by atoms with van der Waals surface area (Å²) < 4.78 is 5.03. The third-order valence-electron chi connectivity index (χ3n) is 2.78. The number of rotatable bonds is 6. The van der Waals surface area contributed by atoms with Gasteiger partial charge in [0.05, 0.1) is 0 Å². The van der Waals surface area contributed by atoms with Crippen molar-refractivity contribution in [2.24, 2.45) is 0 Å². The van der Waals surface area contributed by atoms with E-state index in [4.69, 9.17) is 4.74 Å². The second-order valence-electron chi connectivity index (χ2n) is 4.21. The molecule has 0 amide bonds. The van der Waals surface area contributed by atoms with Crippen LogP contribution in [0.2, 0.25) is 0 Å². The van der Waals surface area contributed by atoms with Crippen LogP contribution in [0.3, 0.4) is 0 Å². The molecular formula is C11H24N2O. The van der Waals surface area contributed by atoms with Crippen LogP contribution < -0.4 is 5.32 Å². The standard InChI is InChI=1S/C11H24N2O/c1-11-10-13(8-6-12-11)7-4-3-5-9-14-2/h11-12H,3-10H2,1-2H3. The highest BCUT2D eigenvalue weighted by Crippen LogP contribution is 2.02. The first-order valence-corrected chi connectivity index (χ1v) is 5.77. The third-order valence-corrected chi connectivity index (χ3v) is 2.78. The molecule has 0 saturated carbocycles. The minimum Gasteiger partial charge on any atom is -0.385 e. The van der Waals surface area contributed by atoms with Gasteiger partial charge in [-0.3, -0.25) is 0 Å². The Morgan fingerprint density at radius 3 is 2.93 bits per heavy atom. The van der Waals surface area contributed by atoms with Crippen molar-refractivity contribution in [3.8, 4) is 0 Å². The van der Waals surface area contributed by atoms with Gasteiger partial charge < -0.3 is 15.0 Å². The molecule has 1 aliphatic rings. The molecule has 1 fully saturated rings. The number of unbranched alkanes of at least 4 members (excludes halogenated alkanes) is 2. The van der Waals surface area contributed by atoms with Gasteiger partial charge in [0.1, 0.15) is 0 Å². The Hall–Kier alpha value is -0.120. The molecule has 1 aliphatic heterocycles. The van der Waals surface area contributed by atoms with E-state index in [1.54, 1.807) is 7.11 Å². The predicted molar refractivity (Wildman–Crippen MR) is 59.6 cm³/mol. The van der Waals surface area contributed by atoms with E-state index in [9.17, 15) is 0 Å². The Morgan fingerprint density at radius 1 is 1.36 bits per heavy atom. The number of hydrogen-bond donors (Lipinski definition) is 1. The van der Waals surface area contributed by atoms with Crippen LogP contribution in [0.25, 0.3) is 0 Å². The van der Waals surface area contributed by atoms with E-state index in [2.05, 4.69) is 17.1 Å². The average Bonchev–Trinajstić information content (AvgIpc) is 2.18. The van der Waals surface area contributed by atoms with Gasteiger partial charge in [-0.15, -0.1) is 0 Å². The average molecular weight is 200 g/mol. The van der Waals surface area contributed by atoms with E-state index in [-0.39, 0.29) is 0 Å². The summed E-state index contributed by atoms with van der Waals surface area (Å²) in [5.74, 6) is 0. The monoisotopic (exact) mass is 200 g/mol. The van der Waals surface area contributed by atoms with Crippen LogP contribution in [-0.4, -0.2) is 50.8 Å². The van der Waals surface area contributed by atoms with Crippen LogP contribution in [0.15, 0.2) is 0 Å². The fourth-order valence-electron chi connectivity index (χ4n) is 1.97. The molecule has 84 valence electrons. The summed E-state index contributed by atoms with van der Waals surface area (Å²) >= 11 is 0. The molecule has 1 N–H and O–H groups in total. The lowest BCUT2D eigenvalue weighted by Gasteiger charge is -2.31. The van der Waals surface area contributed by atoms with Crippen LogP contribution in [-0.2, 0) is 4.74 Å². The molecule has 0 bridgehead atoms. The summed E-state index contributed by atoms with van der Waals surface area (Å²) in [5, 5.41) is 3.46. The van der Waals surface area contributed by atoms with Crippen LogP contribution in [0, 0.1) is 0 Å². The summed E-state index contributed by atoms with van der Waals surface area (Å²) in [6.07, 6.45) is 3.82. The lowest BCUT2D eigenvalue weighted by molar-refractivity contribution is 0.181. The predicted octanol–water partition coefficient (Wildman–Crippen LogP) is 1.10. The van der Waals surface area contributed by atoms with Gasteiger partial charge in [0.25, 0.3) is 0 Å². The molecule has 1 rings (SSSR count). The van der Waals surface area contributed by atoms with Crippen LogP contribution in [0.1, 0.15) is 26.2 Å². The van der Waals surface area contributed by atoms with Gasteiger partial charge in [-0.25, -0.2) is 0 Å². The molecule has 14 heavy (non-hydrogen) atoms. The normalized spacial score (nSPS) is 24.0.